The van der Waals surface area contributed by atoms with E-state index in [4.69, 9.17) is 9.47 Å². The van der Waals surface area contributed by atoms with E-state index in [1.165, 1.54) is 31.2 Å². The first kappa shape index (κ1) is 30.7. The highest BCUT2D eigenvalue weighted by molar-refractivity contribution is 6.00. The lowest BCUT2D eigenvalue weighted by atomic mass is 10.1. The van der Waals surface area contributed by atoms with Crippen LogP contribution in [0.5, 0.6) is 5.75 Å². The zero-order valence-corrected chi connectivity index (χ0v) is 24.0. The van der Waals surface area contributed by atoms with Gasteiger partial charge in [0, 0.05) is 23.7 Å². The molecule has 40 heavy (non-hydrogen) atoms. The Balaban J connectivity index is 1.50. The molecule has 1 aromatic heterocycles. The molecule has 212 valence electrons. The minimum Gasteiger partial charge on any atom is -0.454 e. The Bertz CT molecular complexity index is 1220. The molecule has 0 saturated heterocycles. The van der Waals surface area contributed by atoms with Crippen LogP contribution in [0, 0.1) is 0 Å². The van der Waals surface area contributed by atoms with Gasteiger partial charge in [0.15, 0.2) is 6.10 Å². The van der Waals surface area contributed by atoms with Crippen LogP contribution in [0.2, 0.25) is 0 Å². The Morgan fingerprint density at radius 2 is 1.40 bits per heavy atom. The monoisotopic (exact) mass is 543 g/mol. The number of Topliss-reactive ketones (excluding diaryl/α,β-unsaturated/α-hetero) is 1. The molecule has 6 heteroatoms. The molecule has 6 nitrogen and oxygen atoms in total. The van der Waals surface area contributed by atoms with E-state index in [1.54, 1.807) is 43.3 Å². The number of esters is 2. The summed E-state index contributed by atoms with van der Waals surface area (Å²) < 4.78 is 10.8. The molecule has 0 fully saturated rings. The Labute approximate surface area is 238 Å². The van der Waals surface area contributed by atoms with Gasteiger partial charge >= 0.3 is 11.9 Å². The first-order valence-corrected chi connectivity index (χ1v) is 14.5. The minimum atomic E-state index is -0.873. The molecule has 0 radical (unpaired) electrons. The predicted octanol–water partition coefficient (Wildman–Crippen LogP) is 8.18. The maximum atomic E-state index is 12.7. The number of carbonyl (C=O) groups is 3. The molecule has 1 unspecified atom stereocenters. The van der Waals surface area contributed by atoms with Crippen LogP contribution in [0.1, 0.15) is 105 Å². The Kier molecular flexibility index (Phi) is 12.6. The van der Waals surface area contributed by atoms with Gasteiger partial charge in [0.05, 0.1) is 11.3 Å². The first-order chi connectivity index (χ1) is 19.4. The first-order valence-electron chi connectivity index (χ1n) is 14.5. The van der Waals surface area contributed by atoms with Crippen molar-refractivity contribution < 1.29 is 23.9 Å². The van der Waals surface area contributed by atoms with Gasteiger partial charge in [0.1, 0.15) is 5.75 Å². The summed E-state index contributed by atoms with van der Waals surface area (Å²) in [5, 5.41) is 0. The molecule has 0 aliphatic rings. The number of hydrogen-bond acceptors (Lipinski definition) is 6. The van der Waals surface area contributed by atoms with Crippen LogP contribution in [-0.4, -0.2) is 28.8 Å². The number of nitrogens with zero attached hydrogens (tertiary/aromatic N) is 1. The number of aryl methyl sites for hydroxylation is 1. The van der Waals surface area contributed by atoms with Crippen molar-refractivity contribution in [1.29, 1.82) is 0 Å². The summed E-state index contributed by atoms with van der Waals surface area (Å²) in [4.78, 5) is 41.9. The number of carbonyl (C=O) groups excluding carboxylic acids is 3. The number of hydrogen-bond donors (Lipinski definition) is 0. The van der Waals surface area contributed by atoms with Crippen molar-refractivity contribution in [3.05, 3.63) is 83.6 Å². The van der Waals surface area contributed by atoms with Gasteiger partial charge < -0.3 is 9.47 Å². The summed E-state index contributed by atoms with van der Waals surface area (Å²) >= 11 is 0. The molecule has 1 heterocycles. The third-order valence-corrected chi connectivity index (χ3v) is 6.82. The van der Waals surface area contributed by atoms with Crippen molar-refractivity contribution in [3.8, 4) is 17.0 Å². The molecule has 0 saturated carbocycles. The second-order valence-corrected chi connectivity index (χ2v) is 10.2. The average Bonchev–Trinajstić information content (AvgIpc) is 2.98. The number of unbranched alkanes of at least 4 members (excludes halogenated alkanes) is 6. The van der Waals surface area contributed by atoms with Gasteiger partial charge in [-0.3, -0.25) is 14.6 Å². The lowest BCUT2D eigenvalue weighted by Gasteiger charge is -2.13. The molecule has 0 aliphatic heterocycles. The fourth-order valence-corrected chi connectivity index (χ4v) is 4.37. The third-order valence-electron chi connectivity index (χ3n) is 6.82. The van der Waals surface area contributed by atoms with Gasteiger partial charge in [0.25, 0.3) is 0 Å². The molecular formula is C34H41NO5. The normalized spacial score (nSPS) is 11.6. The molecule has 0 spiro atoms. The number of ketones is 1. The smallest absolute Gasteiger partial charge is 0.343 e. The number of pyridine rings is 1. The van der Waals surface area contributed by atoms with Crippen LogP contribution >= 0.6 is 0 Å². The van der Waals surface area contributed by atoms with Crippen molar-refractivity contribution in [2.45, 2.75) is 91.1 Å². The highest BCUT2D eigenvalue weighted by atomic mass is 16.5. The lowest BCUT2D eigenvalue weighted by molar-refractivity contribution is -0.146. The molecule has 2 aromatic carbocycles. The summed E-state index contributed by atoms with van der Waals surface area (Å²) in [7, 11) is 0. The van der Waals surface area contributed by atoms with Crippen LogP contribution < -0.4 is 4.74 Å². The highest BCUT2D eigenvalue weighted by Crippen LogP contribution is 2.21. The number of aromatic nitrogens is 1. The summed E-state index contributed by atoms with van der Waals surface area (Å²) in [6, 6.07) is 17.5. The lowest BCUT2D eigenvalue weighted by Crippen LogP contribution is -2.24. The van der Waals surface area contributed by atoms with Gasteiger partial charge in [-0.25, -0.2) is 4.79 Å². The topological polar surface area (TPSA) is 82.6 Å². The maximum absolute atomic E-state index is 12.7. The van der Waals surface area contributed by atoms with Crippen molar-refractivity contribution in [2.75, 3.05) is 0 Å². The summed E-state index contributed by atoms with van der Waals surface area (Å²) in [6.45, 7) is 5.89. The fourth-order valence-electron chi connectivity index (χ4n) is 4.37. The van der Waals surface area contributed by atoms with E-state index >= 15 is 0 Å². The second kappa shape index (κ2) is 16.3. The summed E-state index contributed by atoms with van der Waals surface area (Å²) in [6.07, 6.45) is 11.2. The number of rotatable bonds is 16. The second-order valence-electron chi connectivity index (χ2n) is 10.2. The molecule has 0 aliphatic carbocycles. The van der Waals surface area contributed by atoms with Crippen LogP contribution in [0.3, 0.4) is 0 Å². The van der Waals surface area contributed by atoms with Crippen molar-refractivity contribution in [2.24, 2.45) is 0 Å². The predicted molar refractivity (Wildman–Crippen MR) is 158 cm³/mol. The zero-order valence-electron chi connectivity index (χ0n) is 24.0. The molecule has 0 bridgehead atoms. The van der Waals surface area contributed by atoms with Crippen molar-refractivity contribution in [3.63, 3.8) is 0 Å². The highest BCUT2D eigenvalue weighted by Gasteiger charge is 2.20. The zero-order chi connectivity index (χ0) is 28.7. The quantitative estimate of drug-likeness (QED) is 0.0784. The van der Waals surface area contributed by atoms with E-state index in [1.807, 2.05) is 24.4 Å². The van der Waals surface area contributed by atoms with Gasteiger partial charge in [0.2, 0.25) is 5.78 Å². The van der Waals surface area contributed by atoms with E-state index in [0.29, 0.717) is 23.3 Å². The van der Waals surface area contributed by atoms with Crippen LogP contribution in [0.25, 0.3) is 11.3 Å². The Morgan fingerprint density at radius 1 is 0.750 bits per heavy atom. The van der Waals surface area contributed by atoms with Crippen molar-refractivity contribution >= 4 is 17.7 Å². The SMILES string of the molecule is CCCCCCC(=O)OC(C)C(=O)c1ccc(OC(=O)c2ccc(-c3ccc(CCCCCC)cn3)cc2)cc1. The van der Waals surface area contributed by atoms with Crippen LogP contribution in [-0.2, 0) is 16.0 Å². The minimum absolute atomic E-state index is 0.298. The van der Waals surface area contributed by atoms with Gasteiger partial charge in [-0.1, -0.05) is 70.6 Å². The van der Waals surface area contributed by atoms with Crippen LogP contribution in [0.15, 0.2) is 66.9 Å². The van der Waals surface area contributed by atoms with Gasteiger partial charge in [-0.2, -0.15) is 0 Å². The Morgan fingerprint density at radius 3 is 2.02 bits per heavy atom. The Hall–Kier alpha value is -3.80. The number of benzene rings is 2. The maximum Gasteiger partial charge on any atom is 0.343 e. The fraction of sp³-hybridized carbons (Fsp3) is 0.412. The van der Waals surface area contributed by atoms with Crippen molar-refractivity contribution in [1.82, 2.24) is 4.98 Å². The summed E-state index contributed by atoms with van der Waals surface area (Å²) in [5.41, 5.74) is 3.81. The molecule has 3 rings (SSSR count). The molecule has 0 N–H and O–H groups in total. The third kappa shape index (κ3) is 9.74. The molecule has 0 amide bonds. The molecular weight excluding hydrogens is 502 g/mol. The number of ether oxygens (including phenoxy) is 2. The molecule has 1 atom stereocenters. The molecule has 3 aromatic rings. The standard InChI is InChI=1S/C34H41NO5/c1-4-6-8-10-12-26-14-23-31(35-24-26)27-15-17-29(18-16-27)34(38)40-30-21-19-28(20-22-30)33(37)25(3)39-32(36)13-11-9-7-5-2/h14-25H,4-13H2,1-3H3. The largest absolute Gasteiger partial charge is 0.454 e. The van der Waals surface area contributed by atoms with Gasteiger partial charge in [-0.05, 0) is 74.2 Å². The van der Waals surface area contributed by atoms with E-state index in [2.05, 4.69) is 24.9 Å². The van der Waals surface area contributed by atoms with E-state index in [9.17, 15) is 14.4 Å². The summed E-state index contributed by atoms with van der Waals surface area (Å²) in [5.74, 6) is -0.832. The van der Waals surface area contributed by atoms with E-state index in [-0.39, 0.29) is 11.8 Å². The van der Waals surface area contributed by atoms with E-state index < -0.39 is 12.1 Å². The van der Waals surface area contributed by atoms with E-state index in [0.717, 1.165) is 43.4 Å². The van der Waals surface area contributed by atoms with Gasteiger partial charge in [-0.15, -0.1) is 0 Å². The average molecular weight is 544 g/mol. The van der Waals surface area contributed by atoms with Crippen LogP contribution in [0.4, 0.5) is 0 Å².